The van der Waals surface area contributed by atoms with E-state index in [-0.39, 0.29) is 5.75 Å². The van der Waals surface area contributed by atoms with Crippen molar-refractivity contribution < 1.29 is 12.6 Å². The van der Waals surface area contributed by atoms with Crippen molar-refractivity contribution in [1.29, 1.82) is 0 Å². The van der Waals surface area contributed by atoms with E-state index in [4.69, 9.17) is 4.18 Å². The average molecular weight is 230 g/mol. The number of hydrogen-bond acceptors (Lipinski definition) is 4. The third-order valence-electron chi connectivity index (χ3n) is 1.86. The van der Waals surface area contributed by atoms with Gasteiger partial charge >= 0.3 is 10.3 Å². The average Bonchev–Trinajstić information content (AvgIpc) is 2.19. The van der Waals surface area contributed by atoms with Gasteiger partial charge in [-0.05, 0) is 12.1 Å². The van der Waals surface area contributed by atoms with Crippen molar-refractivity contribution in [1.82, 2.24) is 9.29 Å². The molecule has 0 amide bonds. The Morgan fingerprint density at radius 3 is 2.53 bits per heavy atom. The van der Waals surface area contributed by atoms with Crippen LogP contribution in [0.5, 0.6) is 5.75 Å². The predicted molar refractivity (Wildman–Crippen MR) is 56.7 cm³/mol. The van der Waals surface area contributed by atoms with Gasteiger partial charge in [-0.25, -0.2) is 0 Å². The van der Waals surface area contributed by atoms with Gasteiger partial charge in [0.05, 0.1) is 6.20 Å². The van der Waals surface area contributed by atoms with E-state index in [0.29, 0.717) is 13.1 Å². The normalized spacial score (nSPS) is 11.7. The molecule has 0 atom stereocenters. The molecule has 0 N–H and O–H groups in total. The lowest BCUT2D eigenvalue weighted by atomic mass is 10.5. The van der Waals surface area contributed by atoms with Gasteiger partial charge in [0.2, 0.25) is 0 Å². The lowest BCUT2D eigenvalue weighted by Gasteiger charge is -2.17. The van der Waals surface area contributed by atoms with E-state index in [1.54, 1.807) is 32.2 Å². The summed E-state index contributed by atoms with van der Waals surface area (Å²) in [6.45, 7) is 4.29. The van der Waals surface area contributed by atoms with E-state index in [9.17, 15) is 8.42 Å². The van der Waals surface area contributed by atoms with Crippen LogP contribution in [-0.2, 0) is 10.3 Å². The molecule has 0 saturated heterocycles. The van der Waals surface area contributed by atoms with E-state index >= 15 is 0 Å². The number of rotatable bonds is 5. The summed E-state index contributed by atoms with van der Waals surface area (Å²) >= 11 is 0. The summed E-state index contributed by atoms with van der Waals surface area (Å²) < 4.78 is 29.4. The highest BCUT2D eigenvalue weighted by atomic mass is 32.2. The molecule has 0 aromatic carbocycles. The number of pyridine rings is 1. The summed E-state index contributed by atoms with van der Waals surface area (Å²) in [6.07, 6.45) is 2.91. The fourth-order valence-corrected chi connectivity index (χ4v) is 2.19. The predicted octanol–water partition coefficient (Wildman–Crippen LogP) is 1.05. The Kier molecular flexibility index (Phi) is 4.05. The van der Waals surface area contributed by atoms with Crippen LogP contribution >= 0.6 is 0 Å². The van der Waals surface area contributed by atoms with Crippen LogP contribution in [0, 0.1) is 0 Å². The standard InChI is InChI=1S/C9H14N2O3S/c1-3-11(4-2)15(12,13)14-9-6-5-7-10-8-9/h5-8H,3-4H2,1-2H3. The first-order chi connectivity index (χ1) is 7.10. The van der Waals surface area contributed by atoms with Crippen molar-refractivity contribution in [3.05, 3.63) is 24.5 Å². The van der Waals surface area contributed by atoms with Crippen molar-refractivity contribution in [2.24, 2.45) is 0 Å². The van der Waals surface area contributed by atoms with Crippen molar-refractivity contribution in [2.45, 2.75) is 13.8 Å². The van der Waals surface area contributed by atoms with Crippen molar-refractivity contribution >= 4 is 10.3 Å². The molecule has 0 unspecified atom stereocenters. The maximum atomic E-state index is 11.6. The van der Waals surface area contributed by atoms with Crippen LogP contribution in [0.15, 0.2) is 24.5 Å². The lowest BCUT2D eigenvalue weighted by molar-refractivity contribution is 0.376. The SMILES string of the molecule is CCN(CC)S(=O)(=O)Oc1cccnc1. The first kappa shape index (κ1) is 11.9. The minimum atomic E-state index is -3.68. The molecule has 1 rings (SSSR count). The second kappa shape index (κ2) is 5.09. The second-order valence-electron chi connectivity index (χ2n) is 2.81. The molecule has 1 heterocycles. The Morgan fingerprint density at radius 1 is 1.40 bits per heavy atom. The van der Waals surface area contributed by atoms with Crippen molar-refractivity contribution in [2.75, 3.05) is 13.1 Å². The molecule has 1 aromatic rings. The Labute approximate surface area is 90.0 Å². The van der Waals surface area contributed by atoms with Crippen LogP contribution in [0.1, 0.15) is 13.8 Å². The summed E-state index contributed by atoms with van der Waals surface area (Å²) in [4.78, 5) is 3.77. The van der Waals surface area contributed by atoms with Crippen LogP contribution < -0.4 is 4.18 Å². The zero-order valence-corrected chi connectivity index (χ0v) is 9.57. The molecular weight excluding hydrogens is 216 g/mol. The lowest BCUT2D eigenvalue weighted by Crippen LogP contribution is -2.34. The summed E-state index contributed by atoms with van der Waals surface area (Å²) in [5.74, 6) is 0.226. The van der Waals surface area contributed by atoms with Gasteiger partial charge in [0.1, 0.15) is 0 Å². The molecule has 6 heteroatoms. The minimum Gasteiger partial charge on any atom is -0.369 e. The van der Waals surface area contributed by atoms with Crippen LogP contribution in [0.25, 0.3) is 0 Å². The smallest absolute Gasteiger partial charge is 0.369 e. The summed E-state index contributed by atoms with van der Waals surface area (Å²) in [6, 6.07) is 3.17. The number of aromatic nitrogens is 1. The van der Waals surface area contributed by atoms with Crippen molar-refractivity contribution in [3.8, 4) is 5.75 Å². The fraction of sp³-hybridized carbons (Fsp3) is 0.444. The van der Waals surface area contributed by atoms with E-state index in [2.05, 4.69) is 4.98 Å². The largest absolute Gasteiger partial charge is 0.385 e. The molecule has 0 aliphatic heterocycles. The highest BCUT2D eigenvalue weighted by Crippen LogP contribution is 2.12. The first-order valence-electron chi connectivity index (χ1n) is 4.69. The van der Waals surface area contributed by atoms with Crippen LogP contribution in [0.4, 0.5) is 0 Å². The van der Waals surface area contributed by atoms with Crippen molar-refractivity contribution in [3.63, 3.8) is 0 Å². The van der Waals surface area contributed by atoms with E-state index < -0.39 is 10.3 Å². The van der Waals surface area contributed by atoms with Gasteiger partial charge in [-0.1, -0.05) is 13.8 Å². The monoisotopic (exact) mass is 230 g/mol. The van der Waals surface area contributed by atoms with Gasteiger partial charge in [0.25, 0.3) is 0 Å². The molecule has 0 aliphatic carbocycles. The van der Waals surface area contributed by atoms with Crippen LogP contribution in [-0.4, -0.2) is 30.8 Å². The molecule has 0 saturated carbocycles. The van der Waals surface area contributed by atoms with Gasteiger partial charge in [-0.2, -0.15) is 12.7 Å². The summed E-state index contributed by atoms with van der Waals surface area (Å²) in [5, 5.41) is 0. The van der Waals surface area contributed by atoms with E-state index in [1.807, 2.05) is 0 Å². The highest BCUT2D eigenvalue weighted by Gasteiger charge is 2.20. The van der Waals surface area contributed by atoms with Gasteiger partial charge in [0, 0.05) is 19.3 Å². The number of hydrogen-bond donors (Lipinski definition) is 0. The van der Waals surface area contributed by atoms with Crippen LogP contribution in [0.2, 0.25) is 0 Å². The first-order valence-corrected chi connectivity index (χ1v) is 6.06. The topological polar surface area (TPSA) is 59.5 Å². The van der Waals surface area contributed by atoms with Crippen LogP contribution in [0.3, 0.4) is 0 Å². The van der Waals surface area contributed by atoms with Gasteiger partial charge in [0.15, 0.2) is 5.75 Å². The summed E-state index contributed by atoms with van der Waals surface area (Å²) in [7, 11) is -3.68. The zero-order chi connectivity index (χ0) is 11.3. The highest BCUT2D eigenvalue weighted by molar-refractivity contribution is 7.84. The quantitative estimate of drug-likeness (QED) is 0.758. The van der Waals surface area contributed by atoms with E-state index in [0.717, 1.165) is 0 Å². The minimum absolute atomic E-state index is 0.226. The Bertz CT molecular complexity index is 387. The number of nitrogens with zero attached hydrogens (tertiary/aromatic N) is 2. The van der Waals surface area contributed by atoms with Gasteiger partial charge < -0.3 is 4.18 Å². The molecular formula is C9H14N2O3S. The molecule has 15 heavy (non-hydrogen) atoms. The third kappa shape index (κ3) is 3.17. The van der Waals surface area contributed by atoms with Gasteiger partial charge in [-0.3, -0.25) is 4.98 Å². The maximum absolute atomic E-state index is 11.6. The Hall–Kier alpha value is -1.14. The molecule has 1 aromatic heterocycles. The molecule has 0 radical (unpaired) electrons. The Morgan fingerprint density at radius 2 is 2.07 bits per heavy atom. The maximum Gasteiger partial charge on any atom is 0.385 e. The fourth-order valence-electron chi connectivity index (χ4n) is 1.11. The molecule has 0 aliphatic rings. The molecule has 0 bridgehead atoms. The van der Waals surface area contributed by atoms with Gasteiger partial charge in [-0.15, -0.1) is 0 Å². The van der Waals surface area contributed by atoms with E-state index in [1.165, 1.54) is 10.5 Å². The molecule has 5 nitrogen and oxygen atoms in total. The molecule has 84 valence electrons. The molecule has 0 spiro atoms. The zero-order valence-electron chi connectivity index (χ0n) is 8.75. The molecule has 0 fully saturated rings. The Balaban J connectivity index is 2.81. The summed E-state index contributed by atoms with van der Waals surface area (Å²) in [5.41, 5.74) is 0. The third-order valence-corrected chi connectivity index (χ3v) is 3.41. The second-order valence-corrected chi connectivity index (χ2v) is 4.35.